The second-order valence-corrected chi connectivity index (χ2v) is 5.34. The van der Waals surface area contributed by atoms with Gasteiger partial charge in [-0.2, -0.15) is 0 Å². The fourth-order valence-corrected chi connectivity index (χ4v) is 2.53. The van der Waals surface area contributed by atoms with Crippen molar-refractivity contribution < 1.29 is 8.78 Å². The molecule has 1 aliphatic carbocycles. The number of hydrogen-bond acceptors (Lipinski definition) is 1. The lowest BCUT2D eigenvalue weighted by Crippen LogP contribution is -2.23. The predicted octanol–water partition coefficient (Wildman–Crippen LogP) is 4.21. The van der Waals surface area contributed by atoms with Crippen LogP contribution in [-0.4, -0.2) is 0 Å². The van der Waals surface area contributed by atoms with E-state index in [1.54, 1.807) is 0 Å². The lowest BCUT2D eigenvalue weighted by atomic mass is 10.0. The molecule has 2 aromatic carbocycles. The summed E-state index contributed by atoms with van der Waals surface area (Å²) in [5, 5.41) is 3.41. The smallest absolute Gasteiger partial charge is 0.130 e. The molecule has 0 bridgehead atoms. The maximum Gasteiger partial charge on any atom is 0.130 e. The lowest BCUT2D eigenvalue weighted by Gasteiger charge is -2.19. The normalized spacial score (nSPS) is 16.1. The summed E-state index contributed by atoms with van der Waals surface area (Å²) in [7, 11) is 0. The van der Waals surface area contributed by atoms with Crippen molar-refractivity contribution in [1.29, 1.82) is 0 Å². The van der Waals surface area contributed by atoms with Crippen LogP contribution in [0.5, 0.6) is 0 Å². The second kappa shape index (κ2) is 5.71. The van der Waals surface area contributed by atoms with Gasteiger partial charge in [-0.05, 0) is 30.4 Å². The Kier molecular flexibility index (Phi) is 3.79. The van der Waals surface area contributed by atoms with Crippen molar-refractivity contribution in [2.45, 2.75) is 25.4 Å². The molecule has 0 aromatic heterocycles. The average Bonchev–Trinajstić information content (AvgIpc) is 3.27. The van der Waals surface area contributed by atoms with Crippen LogP contribution in [-0.2, 0) is 6.54 Å². The molecule has 0 amide bonds. The van der Waals surface area contributed by atoms with E-state index in [2.05, 4.69) is 17.4 Å². The van der Waals surface area contributed by atoms with Gasteiger partial charge in [0, 0.05) is 24.2 Å². The highest BCUT2D eigenvalue weighted by atomic mass is 19.1. The van der Waals surface area contributed by atoms with E-state index in [9.17, 15) is 8.78 Å². The first-order chi connectivity index (χ1) is 9.74. The van der Waals surface area contributed by atoms with E-state index in [-0.39, 0.29) is 6.04 Å². The van der Waals surface area contributed by atoms with Crippen molar-refractivity contribution in [3.8, 4) is 0 Å². The summed E-state index contributed by atoms with van der Waals surface area (Å²) in [5.41, 5.74) is 1.74. The Morgan fingerprint density at radius 1 is 1.05 bits per heavy atom. The summed E-state index contributed by atoms with van der Waals surface area (Å²) in [6, 6.07) is 14.2. The molecule has 2 aromatic rings. The van der Waals surface area contributed by atoms with Crippen molar-refractivity contribution in [1.82, 2.24) is 5.32 Å². The zero-order valence-electron chi connectivity index (χ0n) is 11.2. The van der Waals surface area contributed by atoms with Gasteiger partial charge in [-0.15, -0.1) is 0 Å². The van der Waals surface area contributed by atoms with Crippen molar-refractivity contribution in [2.75, 3.05) is 0 Å². The minimum atomic E-state index is -0.534. The van der Waals surface area contributed by atoms with Gasteiger partial charge in [0.2, 0.25) is 0 Å². The molecule has 104 valence electrons. The molecule has 0 heterocycles. The zero-order chi connectivity index (χ0) is 13.9. The first-order valence-corrected chi connectivity index (χ1v) is 6.96. The van der Waals surface area contributed by atoms with Crippen molar-refractivity contribution in [3.05, 3.63) is 71.3 Å². The van der Waals surface area contributed by atoms with Crippen LogP contribution in [0.25, 0.3) is 0 Å². The first-order valence-electron chi connectivity index (χ1n) is 6.96. The number of nitrogens with one attached hydrogen (secondary N) is 1. The molecule has 1 N–H and O–H groups in total. The summed E-state index contributed by atoms with van der Waals surface area (Å²) in [5.74, 6) is -0.394. The van der Waals surface area contributed by atoms with Crippen molar-refractivity contribution >= 4 is 0 Å². The molecule has 1 nitrogen and oxygen atoms in total. The number of hydrogen-bond donors (Lipinski definition) is 1. The van der Waals surface area contributed by atoms with Gasteiger partial charge in [0.05, 0.1) is 0 Å². The summed E-state index contributed by atoms with van der Waals surface area (Å²) >= 11 is 0. The molecule has 20 heavy (non-hydrogen) atoms. The van der Waals surface area contributed by atoms with E-state index in [0.717, 1.165) is 6.07 Å². The Bertz CT molecular complexity index is 579. The minimum Gasteiger partial charge on any atom is -0.306 e. The van der Waals surface area contributed by atoms with Crippen LogP contribution in [0.1, 0.15) is 30.0 Å². The Balaban J connectivity index is 1.72. The maximum absolute atomic E-state index is 13.6. The summed E-state index contributed by atoms with van der Waals surface area (Å²) in [6.07, 6.45) is 2.41. The van der Waals surface area contributed by atoms with Crippen LogP contribution in [0.4, 0.5) is 8.78 Å². The van der Waals surface area contributed by atoms with Gasteiger partial charge in [-0.3, -0.25) is 0 Å². The average molecular weight is 273 g/mol. The SMILES string of the molecule is Fc1ccc(CNC(c2ccccc2)C2CC2)c(F)c1. The van der Waals surface area contributed by atoms with E-state index in [0.29, 0.717) is 18.0 Å². The van der Waals surface area contributed by atoms with E-state index in [1.807, 2.05) is 18.2 Å². The van der Waals surface area contributed by atoms with Gasteiger partial charge < -0.3 is 5.32 Å². The molecular formula is C17H17F2N. The Morgan fingerprint density at radius 3 is 2.45 bits per heavy atom. The topological polar surface area (TPSA) is 12.0 Å². The third kappa shape index (κ3) is 3.05. The molecule has 0 saturated heterocycles. The van der Waals surface area contributed by atoms with Gasteiger partial charge in [0.1, 0.15) is 11.6 Å². The summed E-state index contributed by atoms with van der Waals surface area (Å²) in [4.78, 5) is 0. The maximum atomic E-state index is 13.6. The predicted molar refractivity (Wildman–Crippen MR) is 75.1 cm³/mol. The highest BCUT2D eigenvalue weighted by Gasteiger charge is 2.31. The molecule has 1 saturated carbocycles. The van der Waals surface area contributed by atoms with Crippen molar-refractivity contribution in [2.24, 2.45) is 5.92 Å². The summed E-state index contributed by atoms with van der Waals surface area (Å²) < 4.78 is 26.5. The largest absolute Gasteiger partial charge is 0.306 e. The van der Waals surface area contributed by atoms with Gasteiger partial charge in [0.15, 0.2) is 0 Å². The number of benzene rings is 2. The highest BCUT2D eigenvalue weighted by Crippen LogP contribution is 2.41. The minimum absolute atomic E-state index is 0.251. The van der Waals surface area contributed by atoms with Crippen LogP contribution < -0.4 is 5.32 Å². The molecule has 0 radical (unpaired) electrons. The van der Waals surface area contributed by atoms with Gasteiger partial charge in [-0.1, -0.05) is 36.4 Å². The van der Waals surface area contributed by atoms with Gasteiger partial charge >= 0.3 is 0 Å². The Hall–Kier alpha value is -1.74. The number of halogens is 2. The highest BCUT2D eigenvalue weighted by molar-refractivity contribution is 5.23. The van der Waals surface area contributed by atoms with Gasteiger partial charge in [-0.25, -0.2) is 8.78 Å². The third-order valence-electron chi connectivity index (χ3n) is 3.78. The molecule has 3 heteroatoms. The third-order valence-corrected chi connectivity index (χ3v) is 3.78. The molecule has 1 fully saturated rings. The lowest BCUT2D eigenvalue weighted by molar-refractivity contribution is 0.469. The molecule has 0 spiro atoms. The summed E-state index contributed by atoms with van der Waals surface area (Å²) in [6.45, 7) is 0.419. The molecule has 1 atom stereocenters. The molecule has 1 aliphatic rings. The van der Waals surface area contributed by atoms with Crippen LogP contribution in [0, 0.1) is 17.6 Å². The molecule has 0 aliphatic heterocycles. The fraction of sp³-hybridized carbons (Fsp3) is 0.294. The van der Waals surface area contributed by atoms with E-state index in [4.69, 9.17) is 0 Å². The van der Waals surface area contributed by atoms with Crippen molar-refractivity contribution in [3.63, 3.8) is 0 Å². The molecule has 1 unspecified atom stereocenters. The van der Waals surface area contributed by atoms with E-state index < -0.39 is 11.6 Å². The Labute approximate surface area is 117 Å². The van der Waals surface area contributed by atoms with Crippen LogP contribution in [0.2, 0.25) is 0 Å². The standard InChI is InChI=1S/C17H17F2N/c18-15-9-8-14(16(19)10-15)11-20-17(13-6-7-13)12-4-2-1-3-5-12/h1-5,8-10,13,17,20H,6-7,11H2. The van der Waals surface area contributed by atoms with Crippen LogP contribution >= 0.6 is 0 Å². The second-order valence-electron chi connectivity index (χ2n) is 5.34. The van der Waals surface area contributed by atoms with E-state index in [1.165, 1.54) is 30.5 Å². The zero-order valence-corrected chi connectivity index (χ0v) is 11.2. The van der Waals surface area contributed by atoms with Gasteiger partial charge in [0.25, 0.3) is 0 Å². The monoisotopic (exact) mass is 273 g/mol. The fourth-order valence-electron chi connectivity index (χ4n) is 2.53. The molecular weight excluding hydrogens is 256 g/mol. The first kappa shape index (κ1) is 13.3. The molecule has 3 rings (SSSR count). The van der Waals surface area contributed by atoms with Crippen LogP contribution in [0.3, 0.4) is 0 Å². The van der Waals surface area contributed by atoms with Crippen LogP contribution in [0.15, 0.2) is 48.5 Å². The Morgan fingerprint density at radius 2 is 1.80 bits per heavy atom. The van der Waals surface area contributed by atoms with E-state index >= 15 is 0 Å². The number of rotatable bonds is 5. The quantitative estimate of drug-likeness (QED) is 0.860.